The zero-order chi connectivity index (χ0) is 26.0. The second kappa shape index (κ2) is 12.9. The molecule has 0 radical (unpaired) electrons. The van der Waals surface area contributed by atoms with Crippen LogP contribution in [0.1, 0.15) is 25.8 Å². The highest BCUT2D eigenvalue weighted by molar-refractivity contribution is 7.92. The van der Waals surface area contributed by atoms with Gasteiger partial charge in [0.15, 0.2) is 11.5 Å². The highest BCUT2D eigenvalue weighted by Crippen LogP contribution is 2.30. The Bertz CT molecular complexity index is 1300. The van der Waals surface area contributed by atoms with Crippen molar-refractivity contribution in [2.45, 2.75) is 25.2 Å². The van der Waals surface area contributed by atoms with Crippen LogP contribution >= 0.6 is 11.6 Å². The van der Waals surface area contributed by atoms with E-state index >= 15 is 0 Å². The van der Waals surface area contributed by atoms with Crippen molar-refractivity contribution < 1.29 is 22.7 Å². The third-order valence-electron chi connectivity index (χ3n) is 4.87. The van der Waals surface area contributed by atoms with Crippen LogP contribution in [0.15, 0.2) is 82.8 Å². The Balaban J connectivity index is 1.78. The molecule has 3 aromatic carbocycles. The van der Waals surface area contributed by atoms with E-state index < -0.39 is 22.5 Å². The highest BCUT2D eigenvalue weighted by atomic mass is 35.5. The first-order valence-corrected chi connectivity index (χ1v) is 13.2. The number of hydrogen-bond donors (Lipinski definition) is 1. The largest absolute Gasteiger partial charge is 0.490 e. The Labute approximate surface area is 216 Å². The second-order valence-corrected chi connectivity index (χ2v) is 9.83. The lowest BCUT2D eigenvalue weighted by atomic mass is 10.2. The Morgan fingerprint density at radius 2 is 1.72 bits per heavy atom. The summed E-state index contributed by atoms with van der Waals surface area (Å²) in [5.74, 6) is 0.556. The van der Waals surface area contributed by atoms with E-state index in [-0.39, 0.29) is 15.6 Å². The Hall–Kier alpha value is -3.56. The summed E-state index contributed by atoms with van der Waals surface area (Å²) in [6.07, 6.45) is 2.31. The van der Waals surface area contributed by atoms with Crippen LogP contribution in [0.5, 0.6) is 11.5 Å². The Morgan fingerprint density at radius 3 is 2.42 bits per heavy atom. The zero-order valence-corrected chi connectivity index (χ0v) is 21.6. The molecule has 0 aromatic heterocycles. The fraction of sp³-hybridized carbons (Fsp3) is 0.231. The predicted octanol–water partition coefficient (Wildman–Crippen LogP) is 4.87. The molecule has 0 aliphatic heterocycles. The summed E-state index contributed by atoms with van der Waals surface area (Å²) in [5, 5.41) is 4.18. The van der Waals surface area contributed by atoms with E-state index in [1.54, 1.807) is 54.6 Å². The molecular weight excluding hydrogens is 502 g/mol. The second-order valence-electron chi connectivity index (χ2n) is 7.56. The van der Waals surface area contributed by atoms with Crippen molar-refractivity contribution in [3.8, 4) is 11.5 Å². The maximum absolute atomic E-state index is 13.3. The number of halogens is 1. The molecule has 3 rings (SSSR count). The van der Waals surface area contributed by atoms with E-state index in [4.69, 9.17) is 21.1 Å². The Kier molecular flexibility index (Phi) is 9.72. The number of nitrogens with zero attached hydrogens (tertiary/aromatic N) is 2. The molecule has 0 bridgehead atoms. The summed E-state index contributed by atoms with van der Waals surface area (Å²) in [6.45, 7) is 4.40. The molecule has 36 heavy (non-hydrogen) atoms. The summed E-state index contributed by atoms with van der Waals surface area (Å²) in [5.41, 5.74) is 3.24. The number of ether oxygens (including phenoxy) is 2. The number of para-hydroxylation sites is 1. The Morgan fingerprint density at radius 1 is 1.00 bits per heavy atom. The van der Waals surface area contributed by atoms with Gasteiger partial charge >= 0.3 is 0 Å². The van der Waals surface area contributed by atoms with Crippen LogP contribution in [0.3, 0.4) is 0 Å². The van der Waals surface area contributed by atoms with Crippen molar-refractivity contribution in [3.05, 3.63) is 83.4 Å². The molecule has 0 atom stereocenters. The number of rotatable bonds is 12. The first kappa shape index (κ1) is 27.0. The molecule has 10 heteroatoms. The van der Waals surface area contributed by atoms with Gasteiger partial charge in [-0.15, -0.1) is 0 Å². The van der Waals surface area contributed by atoms with Crippen LogP contribution in [-0.2, 0) is 14.8 Å². The van der Waals surface area contributed by atoms with Gasteiger partial charge in [0.25, 0.3) is 15.9 Å². The lowest BCUT2D eigenvalue weighted by molar-refractivity contribution is -0.119. The van der Waals surface area contributed by atoms with Gasteiger partial charge in [-0.3, -0.25) is 9.10 Å². The number of sulfonamides is 1. The molecule has 0 aliphatic carbocycles. The SMILES string of the molecule is CCCOc1ccc(/C=N\NC(=O)CN(c2ccccc2Cl)S(=O)(=O)c2ccccc2)cc1OCC. The standard InChI is InChI=1S/C26H28ClN3O5S/c1-3-16-35-24-15-14-20(17-25(24)34-4-2)18-28-29-26(31)19-30(23-13-9-8-12-22(23)27)36(32,33)21-10-6-5-7-11-21/h5-15,17-18H,3-4,16,19H2,1-2H3,(H,29,31)/b28-18-. The molecule has 0 spiro atoms. The fourth-order valence-corrected chi connectivity index (χ4v) is 4.97. The van der Waals surface area contributed by atoms with E-state index in [2.05, 4.69) is 10.5 Å². The number of carbonyl (C=O) groups is 1. The van der Waals surface area contributed by atoms with E-state index in [9.17, 15) is 13.2 Å². The molecule has 0 heterocycles. The van der Waals surface area contributed by atoms with Gasteiger partial charge in [0.1, 0.15) is 6.54 Å². The maximum Gasteiger partial charge on any atom is 0.264 e. The molecule has 0 fully saturated rings. The summed E-state index contributed by atoms with van der Waals surface area (Å²) >= 11 is 6.28. The van der Waals surface area contributed by atoms with Crippen LogP contribution < -0.4 is 19.2 Å². The summed E-state index contributed by atoms with van der Waals surface area (Å²) in [7, 11) is -4.07. The van der Waals surface area contributed by atoms with Gasteiger partial charge in [0, 0.05) is 0 Å². The zero-order valence-electron chi connectivity index (χ0n) is 20.1. The fourth-order valence-electron chi connectivity index (χ4n) is 3.22. The van der Waals surface area contributed by atoms with Crippen LogP contribution in [-0.4, -0.2) is 40.3 Å². The average Bonchev–Trinajstić information content (AvgIpc) is 2.88. The van der Waals surface area contributed by atoms with Crippen molar-refractivity contribution in [3.63, 3.8) is 0 Å². The van der Waals surface area contributed by atoms with Crippen molar-refractivity contribution in [1.82, 2.24) is 5.43 Å². The highest BCUT2D eigenvalue weighted by Gasteiger charge is 2.28. The molecule has 1 amide bonds. The van der Waals surface area contributed by atoms with E-state index in [0.717, 1.165) is 10.7 Å². The number of hydrogen-bond acceptors (Lipinski definition) is 6. The summed E-state index contributed by atoms with van der Waals surface area (Å²) < 4.78 is 39.0. The molecule has 0 unspecified atom stereocenters. The van der Waals surface area contributed by atoms with E-state index in [0.29, 0.717) is 30.3 Å². The lowest BCUT2D eigenvalue weighted by Crippen LogP contribution is -2.39. The molecule has 8 nitrogen and oxygen atoms in total. The van der Waals surface area contributed by atoms with Gasteiger partial charge in [-0.05, 0) is 61.4 Å². The number of hydrazone groups is 1. The summed E-state index contributed by atoms with van der Waals surface area (Å²) in [4.78, 5) is 12.8. The van der Waals surface area contributed by atoms with Crippen LogP contribution in [0.2, 0.25) is 5.02 Å². The monoisotopic (exact) mass is 529 g/mol. The van der Waals surface area contributed by atoms with Crippen LogP contribution in [0, 0.1) is 0 Å². The van der Waals surface area contributed by atoms with Crippen molar-refractivity contribution in [2.75, 3.05) is 24.1 Å². The minimum atomic E-state index is -4.07. The third kappa shape index (κ3) is 6.99. The minimum absolute atomic E-state index is 0.0371. The van der Waals surface area contributed by atoms with Crippen LogP contribution in [0.25, 0.3) is 0 Å². The van der Waals surface area contributed by atoms with Gasteiger partial charge in [-0.1, -0.05) is 48.9 Å². The molecule has 0 aliphatic rings. The molecular formula is C26H28ClN3O5S. The number of benzene rings is 3. The van der Waals surface area contributed by atoms with E-state index in [1.165, 1.54) is 24.4 Å². The summed E-state index contributed by atoms with van der Waals surface area (Å²) in [6, 6.07) is 19.6. The number of nitrogens with one attached hydrogen (secondary N) is 1. The molecule has 0 saturated heterocycles. The minimum Gasteiger partial charge on any atom is -0.490 e. The average molecular weight is 530 g/mol. The predicted molar refractivity (Wildman–Crippen MR) is 142 cm³/mol. The molecule has 3 aromatic rings. The number of carbonyl (C=O) groups excluding carboxylic acids is 1. The van der Waals surface area contributed by atoms with Gasteiger partial charge in [-0.25, -0.2) is 13.8 Å². The van der Waals surface area contributed by atoms with Crippen molar-refractivity contribution in [2.24, 2.45) is 5.10 Å². The van der Waals surface area contributed by atoms with Gasteiger partial charge in [-0.2, -0.15) is 5.10 Å². The van der Waals surface area contributed by atoms with Crippen molar-refractivity contribution in [1.29, 1.82) is 0 Å². The first-order valence-electron chi connectivity index (χ1n) is 11.4. The van der Waals surface area contributed by atoms with Gasteiger partial charge in [0.2, 0.25) is 0 Å². The third-order valence-corrected chi connectivity index (χ3v) is 6.97. The van der Waals surface area contributed by atoms with Gasteiger partial charge < -0.3 is 9.47 Å². The lowest BCUT2D eigenvalue weighted by Gasteiger charge is -2.24. The molecule has 0 saturated carbocycles. The molecule has 1 N–H and O–H groups in total. The topological polar surface area (TPSA) is 97.3 Å². The van der Waals surface area contributed by atoms with E-state index in [1.807, 2.05) is 13.8 Å². The quantitative estimate of drug-likeness (QED) is 0.266. The number of anilines is 1. The molecule has 190 valence electrons. The smallest absolute Gasteiger partial charge is 0.264 e. The first-order chi connectivity index (χ1) is 17.4. The van der Waals surface area contributed by atoms with Crippen LogP contribution in [0.4, 0.5) is 5.69 Å². The van der Waals surface area contributed by atoms with Crippen molar-refractivity contribution >= 4 is 39.4 Å². The number of amides is 1. The maximum atomic E-state index is 13.3. The van der Waals surface area contributed by atoms with Gasteiger partial charge in [0.05, 0.1) is 35.0 Å². The normalized spacial score (nSPS) is 11.3.